The van der Waals surface area contributed by atoms with E-state index in [-0.39, 0.29) is 24.2 Å². The van der Waals surface area contributed by atoms with Crippen LogP contribution in [-0.2, 0) is 14.3 Å². The van der Waals surface area contributed by atoms with Crippen LogP contribution in [0.3, 0.4) is 0 Å². The molecule has 0 aliphatic rings. The van der Waals surface area contributed by atoms with E-state index in [1.54, 1.807) is 30.3 Å². The highest BCUT2D eigenvalue weighted by atomic mass is 32.1. The zero-order valence-electron chi connectivity index (χ0n) is 15.7. The highest BCUT2D eigenvalue weighted by Crippen LogP contribution is 2.17. The molecule has 0 bridgehead atoms. The number of rotatable bonds is 8. The zero-order valence-corrected chi connectivity index (χ0v) is 16.5. The Labute approximate surface area is 163 Å². The maximum atomic E-state index is 12.1. The van der Waals surface area contributed by atoms with Crippen LogP contribution in [0.2, 0.25) is 0 Å². The van der Waals surface area contributed by atoms with Gasteiger partial charge in [-0.3, -0.25) is 9.59 Å². The lowest BCUT2D eigenvalue weighted by Crippen LogP contribution is -2.14. The number of hydrogen-bond acceptors (Lipinski definition) is 5. The molecule has 0 atom stereocenters. The summed E-state index contributed by atoms with van der Waals surface area (Å²) in [5.74, 6) is -0.651. The van der Waals surface area contributed by atoms with Gasteiger partial charge in [-0.05, 0) is 60.2 Å². The SMILES string of the molecule is Cc1ccsc1/C=C/C(=O)OCC(=O)c1ccc(NC(=O)CC(C)C)cc1. The second-order valence-corrected chi connectivity index (χ2v) is 7.50. The number of Topliss-reactive ketones (excluding diaryl/α,β-unsaturated/α-hetero) is 1. The largest absolute Gasteiger partial charge is 0.454 e. The summed E-state index contributed by atoms with van der Waals surface area (Å²) in [4.78, 5) is 36.6. The van der Waals surface area contributed by atoms with Gasteiger partial charge in [0.25, 0.3) is 0 Å². The molecule has 1 N–H and O–H groups in total. The van der Waals surface area contributed by atoms with E-state index >= 15 is 0 Å². The number of aryl methyl sites for hydroxylation is 1. The van der Waals surface area contributed by atoms with Crippen molar-refractivity contribution in [3.05, 3.63) is 57.8 Å². The van der Waals surface area contributed by atoms with Gasteiger partial charge >= 0.3 is 5.97 Å². The van der Waals surface area contributed by atoms with Crippen LogP contribution >= 0.6 is 11.3 Å². The third-order valence-electron chi connectivity index (χ3n) is 3.70. The molecular formula is C21H23NO4S. The molecule has 0 fully saturated rings. The lowest BCUT2D eigenvalue weighted by molar-refractivity contribution is -0.136. The van der Waals surface area contributed by atoms with Crippen molar-refractivity contribution < 1.29 is 19.1 Å². The maximum absolute atomic E-state index is 12.1. The average molecular weight is 385 g/mol. The Morgan fingerprint density at radius 1 is 1.15 bits per heavy atom. The summed E-state index contributed by atoms with van der Waals surface area (Å²) in [6.07, 6.45) is 3.44. The Kier molecular flexibility index (Phi) is 7.49. The van der Waals surface area contributed by atoms with Gasteiger partial charge in [-0.25, -0.2) is 4.79 Å². The van der Waals surface area contributed by atoms with Crippen LogP contribution in [0.4, 0.5) is 5.69 Å². The van der Waals surface area contributed by atoms with Crippen molar-refractivity contribution in [1.29, 1.82) is 0 Å². The Morgan fingerprint density at radius 2 is 1.85 bits per heavy atom. The van der Waals surface area contributed by atoms with E-state index in [9.17, 15) is 14.4 Å². The van der Waals surface area contributed by atoms with Crippen LogP contribution in [0, 0.1) is 12.8 Å². The topological polar surface area (TPSA) is 72.5 Å². The number of ketones is 1. The molecule has 0 unspecified atom stereocenters. The number of amides is 1. The van der Waals surface area contributed by atoms with Crippen molar-refractivity contribution >= 4 is 40.8 Å². The fourth-order valence-electron chi connectivity index (χ4n) is 2.29. The third-order valence-corrected chi connectivity index (χ3v) is 4.69. The molecule has 0 radical (unpaired) electrons. The summed E-state index contributed by atoms with van der Waals surface area (Å²) in [7, 11) is 0. The van der Waals surface area contributed by atoms with Gasteiger partial charge < -0.3 is 10.1 Å². The summed E-state index contributed by atoms with van der Waals surface area (Å²) in [5, 5.41) is 4.72. The predicted octanol–water partition coefficient (Wildman–Crippen LogP) is 4.48. The van der Waals surface area contributed by atoms with Gasteiger partial charge in [-0.1, -0.05) is 13.8 Å². The van der Waals surface area contributed by atoms with Gasteiger partial charge in [0.2, 0.25) is 5.91 Å². The van der Waals surface area contributed by atoms with Crippen molar-refractivity contribution in [2.45, 2.75) is 27.2 Å². The third kappa shape index (κ3) is 6.83. The molecule has 0 saturated heterocycles. The van der Waals surface area contributed by atoms with Crippen molar-refractivity contribution in [1.82, 2.24) is 0 Å². The monoisotopic (exact) mass is 385 g/mol. The van der Waals surface area contributed by atoms with E-state index in [2.05, 4.69) is 5.32 Å². The van der Waals surface area contributed by atoms with Crippen molar-refractivity contribution in [2.75, 3.05) is 11.9 Å². The first-order valence-corrected chi connectivity index (χ1v) is 9.55. The number of ether oxygens (including phenoxy) is 1. The first kappa shape index (κ1) is 20.6. The molecule has 1 amide bonds. The predicted molar refractivity (Wildman–Crippen MR) is 108 cm³/mol. The average Bonchev–Trinajstić information content (AvgIpc) is 3.02. The number of esters is 1. The van der Waals surface area contributed by atoms with Gasteiger partial charge in [-0.2, -0.15) is 0 Å². The molecule has 2 rings (SSSR count). The minimum atomic E-state index is -0.561. The van der Waals surface area contributed by atoms with Crippen molar-refractivity contribution in [3.8, 4) is 0 Å². The number of carbonyl (C=O) groups excluding carboxylic acids is 3. The van der Waals surface area contributed by atoms with E-state index in [1.165, 1.54) is 17.4 Å². The lowest BCUT2D eigenvalue weighted by atomic mass is 10.1. The molecule has 5 nitrogen and oxygen atoms in total. The number of nitrogens with one attached hydrogen (secondary N) is 1. The van der Waals surface area contributed by atoms with E-state index in [1.807, 2.05) is 32.2 Å². The van der Waals surface area contributed by atoms with Gasteiger partial charge in [0, 0.05) is 28.6 Å². The standard InChI is InChI=1S/C21H23NO4S/c1-14(2)12-20(24)22-17-6-4-16(5-7-17)18(23)13-26-21(25)9-8-19-15(3)10-11-27-19/h4-11,14H,12-13H2,1-3H3,(H,22,24)/b9-8+. The molecule has 1 aromatic carbocycles. The molecule has 0 saturated carbocycles. The molecular weight excluding hydrogens is 362 g/mol. The lowest BCUT2D eigenvalue weighted by Gasteiger charge is -2.08. The summed E-state index contributed by atoms with van der Waals surface area (Å²) in [5.41, 5.74) is 2.13. The molecule has 6 heteroatoms. The van der Waals surface area contributed by atoms with Gasteiger partial charge in [0.1, 0.15) is 0 Å². The fraction of sp³-hybridized carbons (Fsp3) is 0.286. The minimum Gasteiger partial charge on any atom is -0.454 e. The van der Waals surface area contributed by atoms with E-state index in [0.717, 1.165) is 10.4 Å². The first-order valence-electron chi connectivity index (χ1n) is 8.67. The van der Waals surface area contributed by atoms with Crippen LogP contribution in [0.1, 0.15) is 41.1 Å². The van der Waals surface area contributed by atoms with Crippen LogP contribution in [0.25, 0.3) is 6.08 Å². The van der Waals surface area contributed by atoms with Gasteiger partial charge in [-0.15, -0.1) is 11.3 Å². The number of carbonyl (C=O) groups is 3. The highest BCUT2D eigenvalue weighted by Gasteiger charge is 2.10. The van der Waals surface area contributed by atoms with E-state index in [4.69, 9.17) is 4.74 Å². The van der Waals surface area contributed by atoms with Gasteiger partial charge in [0.15, 0.2) is 12.4 Å². The Hall–Kier alpha value is -2.73. The minimum absolute atomic E-state index is 0.0641. The summed E-state index contributed by atoms with van der Waals surface area (Å²) in [6.45, 7) is 5.57. The number of anilines is 1. The summed E-state index contributed by atoms with van der Waals surface area (Å²) in [6, 6.07) is 8.49. The van der Waals surface area contributed by atoms with Crippen LogP contribution in [0.5, 0.6) is 0 Å². The highest BCUT2D eigenvalue weighted by molar-refractivity contribution is 7.11. The van der Waals surface area contributed by atoms with Crippen molar-refractivity contribution in [2.24, 2.45) is 5.92 Å². The summed E-state index contributed by atoms with van der Waals surface area (Å²) >= 11 is 1.53. The number of benzene rings is 1. The second-order valence-electron chi connectivity index (χ2n) is 6.56. The summed E-state index contributed by atoms with van der Waals surface area (Å²) < 4.78 is 4.99. The van der Waals surface area contributed by atoms with E-state index < -0.39 is 5.97 Å². The number of hydrogen-bond donors (Lipinski definition) is 1. The smallest absolute Gasteiger partial charge is 0.331 e. The van der Waals surface area contributed by atoms with E-state index in [0.29, 0.717) is 17.7 Å². The van der Waals surface area contributed by atoms with Gasteiger partial charge in [0.05, 0.1) is 0 Å². The zero-order chi connectivity index (χ0) is 19.8. The van der Waals surface area contributed by atoms with Crippen LogP contribution in [-0.4, -0.2) is 24.3 Å². The molecule has 1 heterocycles. The quantitative estimate of drug-likeness (QED) is 0.413. The normalized spacial score (nSPS) is 11.0. The second kappa shape index (κ2) is 9.83. The molecule has 1 aromatic heterocycles. The molecule has 142 valence electrons. The molecule has 0 aliphatic carbocycles. The molecule has 2 aromatic rings. The van der Waals surface area contributed by atoms with Crippen LogP contribution < -0.4 is 5.32 Å². The Balaban J connectivity index is 1.83. The molecule has 0 spiro atoms. The van der Waals surface area contributed by atoms with Crippen LogP contribution in [0.15, 0.2) is 41.8 Å². The van der Waals surface area contributed by atoms with Crippen molar-refractivity contribution in [3.63, 3.8) is 0 Å². The maximum Gasteiger partial charge on any atom is 0.331 e. The molecule has 0 aliphatic heterocycles. The number of thiophene rings is 1. The first-order chi connectivity index (χ1) is 12.8. The molecule has 27 heavy (non-hydrogen) atoms. The Bertz CT molecular complexity index is 834. The Morgan fingerprint density at radius 3 is 2.44 bits per heavy atom. The fourth-order valence-corrected chi connectivity index (χ4v) is 3.11.